The van der Waals surface area contributed by atoms with Crippen LogP contribution in [0.5, 0.6) is 0 Å². The summed E-state index contributed by atoms with van der Waals surface area (Å²) < 4.78 is 73.5. The van der Waals surface area contributed by atoms with E-state index in [2.05, 4.69) is 137 Å². The number of benzene rings is 2. The van der Waals surface area contributed by atoms with Gasteiger partial charge in [0.1, 0.15) is 0 Å². The Labute approximate surface area is 383 Å². The maximum absolute atomic E-state index is 12.5. The number of allylic oxidation sites excluding steroid dienone is 7. The molecule has 358 valence electrons. The summed E-state index contributed by atoms with van der Waals surface area (Å²) >= 11 is 0. The Morgan fingerprint density at radius 3 is 1.59 bits per heavy atom. The second-order valence-electron chi connectivity index (χ2n) is 15.5. The van der Waals surface area contributed by atoms with E-state index in [1.54, 1.807) is 0 Å². The summed E-state index contributed by atoms with van der Waals surface area (Å²) in [5.41, 5.74) is 6.98. The van der Waals surface area contributed by atoms with Crippen LogP contribution in [-0.2, 0) is 6.18 Å². The molecule has 0 amide bonds. The molecule has 2 aromatic rings. The zero-order valence-corrected chi connectivity index (χ0v) is 42.0. The normalized spacial score (nSPS) is 12.0. The standard InChI is InChI=1S/C14H21N.C12H22.C11H13F3.C9H7F3.C8H18.C2H6/c1-4-11-15(12-5-2)14-10-8-7-9-13(14)6-3;1-6-9-10-12(5,8-3)11(4)7-2;1-5-7-10(11(12,13)14)9(6-2)8(3)4;1-2-7-3-5-8(6-4-7)9(10,11)12;1-5-8(6-2)7(3)4;1-2/h6-10H,3-5,11-12H2,1-2H3;2,6,8-10H2,1,3-5H3;5-7H,2-3H2,1,4H3;2-6H,1H2;7-8H,5-6H2,1-4H3;1-2H3/b;;7-5-,10-9-;;;. The van der Waals surface area contributed by atoms with E-state index < -0.39 is 23.5 Å². The highest BCUT2D eigenvalue weighted by Gasteiger charge is 2.34. The van der Waals surface area contributed by atoms with Gasteiger partial charge < -0.3 is 4.90 Å². The van der Waals surface area contributed by atoms with Crippen LogP contribution >= 0.6 is 0 Å². The number of hydrogen-bond acceptors (Lipinski definition) is 1. The Kier molecular flexibility index (Phi) is 38.6. The van der Waals surface area contributed by atoms with E-state index in [0.717, 1.165) is 43.1 Å². The van der Waals surface area contributed by atoms with E-state index in [1.807, 2.05) is 19.9 Å². The van der Waals surface area contributed by atoms with Gasteiger partial charge in [0.2, 0.25) is 0 Å². The van der Waals surface area contributed by atoms with E-state index >= 15 is 0 Å². The van der Waals surface area contributed by atoms with E-state index in [-0.39, 0.29) is 5.57 Å². The molecule has 1 nitrogen and oxygen atoms in total. The fourth-order valence-electron chi connectivity index (χ4n) is 6.31. The van der Waals surface area contributed by atoms with Crippen LogP contribution in [0.4, 0.5) is 32.0 Å². The van der Waals surface area contributed by atoms with Crippen LogP contribution < -0.4 is 4.90 Å². The lowest BCUT2D eigenvalue weighted by Gasteiger charge is -2.28. The Hall–Kier alpha value is -4.22. The lowest BCUT2D eigenvalue weighted by atomic mass is 9.77. The lowest BCUT2D eigenvalue weighted by Crippen LogP contribution is -2.25. The number of nitrogens with zero attached hydrogens (tertiary/aromatic N) is 1. The highest BCUT2D eigenvalue weighted by atomic mass is 19.4. The molecule has 0 aromatic heterocycles. The maximum Gasteiger partial charge on any atom is 0.416 e. The predicted octanol–water partition coefficient (Wildman–Crippen LogP) is 19.9. The van der Waals surface area contributed by atoms with Crippen LogP contribution in [0.1, 0.15) is 165 Å². The third-order valence-electron chi connectivity index (χ3n) is 10.6. The molecule has 63 heavy (non-hydrogen) atoms. The number of halogens is 6. The number of para-hydroxylation sites is 1. The average Bonchev–Trinajstić information content (AvgIpc) is 3.26. The Morgan fingerprint density at radius 1 is 0.778 bits per heavy atom. The van der Waals surface area contributed by atoms with Crippen molar-refractivity contribution >= 4 is 17.8 Å². The summed E-state index contributed by atoms with van der Waals surface area (Å²) in [5, 5.41) is 0. The fraction of sp³-hybridized carbons (Fsp3) is 0.518. The van der Waals surface area contributed by atoms with E-state index in [9.17, 15) is 26.3 Å². The van der Waals surface area contributed by atoms with Gasteiger partial charge in [-0.3, -0.25) is 0 Å². The molecule has 0 N–H and O–H groups in total. The van der Waals surface area contributed by atoms with Crippen molar-refractivity contribution in [2.75, 3.05) is 18.0 Å². The third-order valence-corrected chi connectivity index (χ3v) is 10.6. The minimum absolute atomic E-state index is 0.0376. The van der Waals surface area contributed by atoms with Gasteiger partial charge in [0.05, 0.1) is 11.1 Å². The summed E-state index contributed by atoms with van der Waals surface area (Å²) in [5.74, 6) is 1.83. The first-order valence-corrected chi connectivity index (χ1v) is 22.9. The number of alkyl halides is 6. The summed E-state index contributed by atoms with van der Waals surface area (Å²) in [4.78, 5) is 2.44. The predicted molar refractivity (Wildman–Crippen MR) is 270 cm³/mol. The molecule has 0 fully saturated rings. The molecule has 2 aromatic carbocycles. The Balaban J connectivity index is -0.000000346. The molecule has 1 unspecified atom stereocenters. The van der Waals surface area contributed by atoms with Crippen LogP contribution in [-0.4, -0.2) is 19.3 Å². The van der Waals surface area contributed by atoms with E-state index in [4.69, 9.17) is 0 Å². The molecule has 0 heterocycles. The first kappa shape index (κ1) is 65.4. The van der Waals surface area contributed by atoms with Gasteiger partial charge in [-0.2, -0.15) is 26.3 Å². The lowest BCUT2D eigenvalue weighted by molar-refractivity contribution is -0.137. The first-order valence-electron chi connectivity index (χ1n) is 22.9. The molecule has 0 spiro atoms. The topological polar surface area (TPSA) is 3.24 Å². The molecule has 0 saturated carbocycles. The summed E-state index contributed by atoms with van der Waals surface area (Å²) in [6.07, 6.45) is 8.47. The zero-order valence-electron chi connectivity index (χ0n) is 42.0. The van der Waals surface area contributed by atoms with Gasteiger partial charge in [0.15, 0.2) is 0 Å². The minimum Gasteiger partial charge on any atom is -0.371 e. The quantitative estimate of drug-likeness (QED) is 0.0819. The molecular weight excluding hydrogens is 801 g/mol. The minimum atomic E-state index is -4.37. The molecular formula is C56H87F6N. The maximum atomic E-state index is 12.5. The SMILES string of the molecule is C=C/C(C(=C)C)=C(\C=C/C)C(F)(F)F.C=C=C(C)C(C)(CC)CCCC.C=Cc1ccc(C(F)(F)F)cc1.C=Cc1ccccc1N(CCC)CCC.CC.CCC(CC)C(C)C. The average molecular weight is 888 g/mol. The van der Waals surface area contributed by atoms with Gasteiger partial charge >= 0.3 is 12.4 Å². The number of rotatable bonds is 18. The van der Waals surface area contributed by atoms with Crippen molar-refractivity contribution in [2.24, 2.45) is 17.3 Å². The van der Waals surface area contributed by atoms with Crippen molar-refractivity contribution < 1.29 is 26.3 Å². The Bertz CT molecular complexity index is 1620. The molecule has 0 radical (unpaired) electrons. The first-order chi connectivity index (χ1) is 29.5. The van der Waals surface area contributed by atoms with Crippen molar-refractivity contribution in [2.45, 2.75) is 161 Å². The van der Waals surface area contributed by atoms with Crippen LogP contribution in [0.25, 0.3) is 12.2 Å². The van der Waals surface area contributed by atoms with Crippen molar-refractivity contribution in [3.63, 3.8) is 0 Å². The monoisotopic (exact) mass is 888 g/mol. The van der Waals surface area contributed by atoms with Crippen LogP contribution in [0.3, 0.4) is 0 Å². The third kappa shape index (κ3) is 28.2. The van der Waals surface area contributed by atoms with Gasteiger partial charge in [0, 0.05) is 18.8 Å². The van der Waals surface area contributed by atoms with Crippen molar-refractivity contribution in [1.82, 2.24) is 0 Å². The second kappa shape index (κ2) is 37.2. The molecule has 1 atom stereocenters. The number of anilines is 1. The van der Waals surface area contributed by atoms with E-state index in [0.29, 0.717) is 16.6 Å². The van der Waals surface area contributed by atoms with Gasteiger partial charge in [-0.1, -0.05) is 201 Å². The van der Waals surface area contributed by atoms with Gasteiger partial charge in [-0.05, 0) is 104 Å². The van der Waals surface area contributed by atoms with Gasteiger partial charge in [0.25, 0.3) is 0 Å². The van der Waals surface area contributed by atoms with Crippen LogP contribution in [0.2, 0.25) is 0 Å². The molecule has 0 saturated heterocycles. The van der Waals surface area contributed by atoms with Crippen molar-refractivity contribution in [3.8, 4) is 0 Å². The van der Waals surface area contributed by atoms with Gasteiger partial charge in [-0.15, -0.1) is 5.73 Å². The van der Waals surface area contributed by atoms with Crippen molar-refractivity contribution in [1.29, 1.82) is 0 Å². The molecule has 7 heteroatoms. The smallest absolute Gasteiger partial charge is 0.371 e. The van der Waals surface area contributed by atoms with Crippen LogP contribution in [0, 0.1) is 17.3 Å². The molecule has 0 aliphatic heterocycles. The second-order valence-corrected chi connectivity index (χ2v) is 15.5. The highest BCUT2D eigenvalue weighted by molar-refractivity contribution is 5.66. The molecule has 0 aliphatic carbocycles. The number of unbranched alkanes of at least 4 members (excludes halogenated alkanes) is 1. The summed E-state index contributed by atoms with van der Waals surface area (Å²) in [6, 6.07) is 13.3. The molecule has 0 bridgehead atoms. The van der Waals surface area contributed by atoms with Gasteiger partial charge in [-0.25, -0.2) is 0 Å². The number of hydrogen-bond donors (Lipinski definition) is 0. The summed E-state index contributed by atoms with van der Waals surface area (Å²) in [6.45, 7) is 49.7. The largest absolute Gasteiger partial charge is 0.416 e. The van der Waals surface area contributed by atoms with Crippen molar-refractivity contribution in [3.05, 3.63) is 144 Å². The fourth-order valence-corrected chi connectivity index (χ4v) is 6.31. The van der Waals surface area contributed by atoms with Crippen LogP contribution in [0.15, 0.2) is 128 Å². The Morgan fingerprint density at radius 2 is 1.29 bits per heavy atom. The highest BCUT2D eigenvalue weighted by Crippen LogP contribution is 2.35. The summed E-state index contributed by atoms with van der Waals surface area (Å²) in [7, 11) is 0. The molecule has 2 rings (SSSR count). The molecule has 0 aliphatic rings. The zero-order chi connectivity index (χ0) is 49.8. The van der Waals surface area contributed by atoms with E-state index in [1.165, 1.54) is 112 Å².